The lowest BCUT2D eigenvalue weighted by Gasteiger charge is -2.01. The first-order valence-corrected chi connectivity index (χ1v) is 9.38. The molecule has 0 spiro atoms. The van der Waals surface area contributed by atoms with Crippen molar-refractivity contribution in [2.45, 2.75) is 0 Å². The quantitative estimate of drug-likeness (QED) is 0.472. The molecule has 30 heavy (non-hydrogen) atoms. The SMILES string of the molecule is c1ccc(-c2ccnc3nc(-c4n[nH]c5cnc(-c6ccncc6)cc45)[nH]c23)nc1. The zero-order valence-corrected chi connectivity index (χ0v) is 15.6. The molecule has 6 rings (SSSR count). The van der Waals surface area contributed by atoms with Crippen molar-refractivity contribution in [3.63, 3.8) is 0 Å². The van der Waals surface area contributed by atoms with E-state index in [0.717, 1.165) is 38.9 Å². The molecule has 0 unspecified atom stereocenters. The molecule has 8 heteroatoms. The molecule has 0 aromatic carbocycles. The number of H-pyrrole nitrogens is 2. The predicted octanol–water partition coefficient (Wildman–Crippen LogP) is 4.02. The fourth-order valence-corrected chi connectivity index (χ4v) is 3.54. The Hall–Kier alpha value is -4.46. The second-order valence-corrected chi connectivity index (χ2v) is 6.78. The van der Waals surface area contributed by atoms with E-state index >= 15 is 0 Å². The van der Waals surface area contributed by atoms with Gasteiger partial charge in [-0.2, -0.15) is 5.10 Å². The molecule has 0 aliphatic heterocycles. The Labute approximate surface area is 170 Å². The number of nitrogens with one attached hydrogen (secondary N) is 2. The molecule has 0 amide bonds. The van der Waals surface area contributed by atoms with Gasteiger partial charge in [-0.3, -0.25) is 20.1 Å². The fourth-order valence-electron chi connectivity index (χ4n) is 3.54. The second kappa shape index (κ2) is 6.56. The zero-order chi connectivity index (χ0) is 19.9. The zero-order valence-electron chi connectivity index (χ0n) is 15.6. The van der Waals surface area contributed by atoms with Crippen molar-refractivity contribution in [1.82, 2.24) is 40.1 Å². The van der Waals surface area contributed by atoms with Gasteiger partial charge in [-0.15, -0.1) is 0 Å². The highest BCUT2D eigenvalue weighted by Crippen LogP contribution is 2.31. The monoisotopic (exact) mass is 390 g/mol. The number of imidazole rings is 1. The smallest absolute Gasteiger partial charge is 0.178 e. The van der Waals surface area contributed by atoms with Gasteiger partial charge in [0.15, 0.2) is 11.5 Å². The normalized spacial score (nSPS) is 11.3. The van der Waals surface area contributed by atoms with E-state index in [1.165, 1.54) is 0 Å². The van der Waals surface area contributed by atoms with E-state index in [1.807, 2.05) is 42.5 Å². The van der Waals surface area contributed by atoms with Gasteiger partial charge < -0.3 is 4.98 Å². The lowest BCUT2D eigenvalue weighted by atomic mass is 10.1. The van der Waals surface area contributed by atoms with Gasteiger partial charge in [0, 0.05) is 41.3 Å². The van der Waals surface area contributed by atoms with E-state index in [1.54, 1.807) is 31.0 Å². The Bertz CT molecular complexity index is 1490. The van der Waals surface area contributed by atoms with Crippen LogP contribution in [0.1, 0.15) is 0 Å². The van der Waals surface area contributed by atoms with Crippen molar-refractivity contribution in [1.29, 1.82) is 0 Å². The van der Waals surface area contributed by atoms with E-state index in [-0.39, 0.29) is 0 Å². The molecule has 142 valence electrons. The average Bonchev–Trinajstić information content (AvgIpc) is 3.43. The van der Waals surface area contributed by atoms with Crippen molar-refractivity contribution < 1.29 is 0 Å². The molecular weight excluding hydrogens is 376 g/mol. The molecule has 0 atom stereocenters. The Morgan fingerprint density at radius 3 is 2.60 bits per heavy atom. The van der Waals surface area contributed by atoms with Gasteiger partial charge in [-0.25, -0.2) is 9.97 Å². The van der Waals surface area contributed by atoms with Crippen LogP contribution in [0.15, 0.2) is 73.4 Å². The third-order valence-corrected chi connectivity index (χ3v) is 4.98. The number of pyridine rings is 4. The van der Waals surface area contributed by atoms with Crippen LogP contribution < -0.4 is 0 Å². The van der Waals surface area contributed by atoms with Gasteiger partial charge in [0.1, 0.15) is 5.69 Å². The summed E-state index contributed by atoms with van der Waals surface area (Å²) in [4.78, 5) is 25.6. The van der Waals surface area contributed by atoms with Crippen LogP contribution in [0.2, 0.25) is 0 Å². The number of nitrogens with zero attached hydrogens (tertiary/aromatic N) is 6. The summed E-state index contributed by atoms with van der Waals surface area (Å²) in [5.41, 5.74) is 6.63. The van der Waals surface area contributed by atoms with E-state index in [0.29, 0.717) is 17.2 Å². The molecule has 8 nitrogen and oxygen atoms in total. The summed E-state index contributed by atoms with van der Waals surface area (Å²) in [7, 11) is 0. The fraction of sp³-hybridized carbons (Fsp3) is 0. The summed E-state index contributed by atoms with van der Waals surface area (Å²) in [6.45, 7) is 0. The molecule has 6 aromatic rings. The molecule has 2 N–H and O–H groups in total. The Balaban J connectivity index is 1.52. The van der Waals surface area contributed by atoms with Crippen molar-refractivity contribution >= 4 is 22.1 Å². The van der Waals surface area contributed by atoms with Gasteiger partial charge in [-0.05, 0) is 36.4 Å². The first-order valence-electron chi connectivity index (χ1n) is 9.38. The highest BCUT2D eigenvalue weighted by molar-refractivity contribution is 5.96. The maximum Gasteiger partial charge on any atom is 0.178 e. The van der Waals surface area contributed by atoms with Crippen LogP contribution in [0.3, 0.4) is 0 Å². The van der Waals surface area contributed by atoms with Gasteiger partial charge in [0.25, 0.3) is 0 Å². The van der Waals surface area contributed by atoms with E-state index < -0.39 is 0 Å². The molecule has 6 heterocycles. The first-order chi connectivity index (χ1) is 14.9. The van der Waals surface area contributed by atoms with E-state index in [9.17, 15) is 0 Å². The molecular formula is C22H14N8. The van der Waals surface area contributed by atoms with Crippen molar-refractivity contribution in [3.8, 4) is 34.0 Å². The van der Waals surface area contributed by atoms with Crippen LogP contribution in [-0.2, 0) is 0 Å². The van der Waals surface area contributed by atoms with Gasteiger partial charge >= 0.3 is 0 Å². The van der Waals surface area contributed by atoms with Crippen molar-refractivity contribution in [3.05, 3.63) is 73.4 Å². The predicted molar refractivity (Wildman–Crippen MR) is 113 cm³/mol. The molecule has 0 saturated carbocycles. The molecule has 0 aliphatic rings. The standard InChI is InChI=1S/C22H14N8/c1-2-7-24-16(3-1)14-6-10-25-21-19(14)27-22(28-21)20-15-11-17(13-4-8-23-9-5-13)26-12-18(15)29-30-20/h1-12H,(H,29,30)(H,25,27,28). The van der Waals surface area contributed by atoms with Crippen LogP contribution >= 0.6 is 0 Å². The second-order valence-electron chi connectivity index (χ2n) is 6.78. The Morgan fingerprint density at radius 1 is 0.800 bits per heavy atom. The molecule has 0 bridgehead atoms. The van der Waals surface area contributed by atoms with Gasteiger partial charge in [-0.1, -0.05) is 6.07 Å². The summed E-state index contributed by atoms with van der Waals surface area (Å²) < 4.78 is 0. The summed E-state index contributed by atoms with van der Waals surface area (Å²) in [6, 6.07) is 13.6. The minimum Gasteiger partial charge on any atom is -0.335 e. The van der Waals surface area contributed by atoms with E-state index in [2.05, 4.69) is 40.1 Å². The minimum atomic E-state index is 0.618. The highest BCUT2D eigenvalue weighted by atomic mass is 15.1. The summed E-state index contributed by atoms with van der Waals surface area (Å²) >= 11 is 0. The number of aromatic amines is 2. The maximum atomic E-state index is 4.69. The number of hydrogen-bond acceptors (Lipinski definition) is 6. The lowest BCUT2D eigenvalue weighted by molar-refractivity contribution is 1.10. The van der Waals surface area contributed by atoms with Crippen LogP contribution in [0, 0.1) is 0 Å². The van der Waals surface area contributed by atoms with Crippen molar-refractivity contribution in [2.24, 2.45) is 0 Å². The van der Waals surface area contributed by atoms with E-state index in [4.69, 9.17) is 0 Å². The molecule has 0 fully saturated rings. The maximum absolute atomic E-state index is 4.69. The topological polar surface area (TPSA) is 109 Å². The van der Waals surface area contributed by atoms with Gasteiger partial charge in [0.05, 0.1) is 28.6 Å². The van der Waals surface area contributed by atoms with Gasteiger partial charge in [0.2, 0.25) is 0 Å². The van der Waals surface area contributed by atoms with Crippen LogP contribution in [0.4, 0.5) is 0 Å². The molecule has 0 radical (unpaired) electrons. The Morgan fingerprint density at radius 2 is 1.73 bits per heavy atom. The number of hydrogen-bond donors (Lipinski definition) is 2. The third-order valence-electron chi connectivity index (χ3n) is 4.98. The highest BCUT2D eigenvalue weighted by Gasteiger charge is 2.16. The average molecular weight is 390 g/mol. The first kappa shape index (κ1) is 16.5. The largest absolute Gasteiger partial charge is 0.335 e. The lowest BCUT2D eigenvalue weighted by Crippen LogP contribution is -1.86. The summed E-state index contributed by atoms with van der Waals surface area (Å²) in [6.07, 6.45) is 8.80. The molecule has 0 saturated heterocycles. The molecule has 6 aromatic heterocycles. The minimum absolute atomic E-state index is 0.618. The number of fused-ring (bicyclic) bond motifs is 2. The van der Waals surface area contributed by atoms with Crippen LogP contribution in [-0.4, -0.2) is 40.1 Å². The Kier molecular flexibility index (Phi) is 3.60. The number of aromatic nitrogens is 8. The van der Waals surface area contributed by atoms with Crippen LogP contribution in [0.25, 0.3) is 56.1 Å². The summed E-state index contributed by atoms with van der Waals surface area (Å²) in [5, 5.41) is 8.45. The number of rotatable bonds is 3. The molecule has 0 aliphatic carbocycles. The third kappa shape index (κ3) is 2.62. The van der Waals surface area contributed by atoms with Crippen molar-refractivity contribution in [2.75, 3.05) is 0 Å². The summed E-state index contributed by atoms with van der Waals surface area (Å²) in [5.74, 6) is 0.638. The van der Waals surface area contributed by atoms with Crippen LogP contribution in [0.5, 0.6) is 0 Å².